The van der Waals surface area contributed by atoms with Gasteiger partial charge in [-0.15, -0.1) is 5.10 Å². The molecule has 1 aliphatic heterocycles. The van der Waals surface area contributed by atoms with Gasteiger partial charge >= 0.3 is 6.18 Å². The summed E-state index contributed by atoms with van der Waals surface area (Å²) in [5, 5.41) is 7.04. The van der Waals surface area contributed by atoms with E-state index < -0.39 is 23.1 Å². The number of carbonyl (C=O) groups excluding carboxylic acids is 2. The van der Waals surface area contributed by atoms with Crippen LogP contribution >= 0.6 is 11.6 Å². The standard InChI is InChI=1S/C42H39ClF3N9O4/c1-23-19-41(12-14-53(15-13-41)39(58)34-36(26(4)47-22-48-34)59-21-27-8-6-5-7-9-27)33-35(23)54(20-32(56)50-31-11-10-29(18-30(31)43)42(44,45)46)40-51-37(52-55(40)38(33)57)28-16-24(2)49-25(3)17-28/h5-11,16-18,22-23H,12-15,19-21H2,1-4H3,(H,50,56). The van der Waals surface area contributed by atoms with Crippen molar-refractivity contribution in [2.24, 2.45) is 0 Å². The Balaban J connectivity index is 1.13. The molecule has 1 atom stereocenters. The van der Waals surface area contributed by atoms with E-state index in [0.717, 1.165) is 35.2 Å². The number of nitrogens with one attached hydrogen (secondary N) is 1. The number of anilines is 1. The number of benzene rings is 2. The van der Waals surface area contributed by atoms with Gasteiger partial charge in [-0.05, 0) is 81.8 Å². The first-order valence-corrected chi connectivity index (χ1v) is 19.4. The molecular formula is C42H39ClF3N9O4. The van der Waals surface area contributed by atoms with Gasteiger partial charge in [-0.1, -0.05) is 48.9 Å². The van der Waals surface area contributed by atoms with E-state index in [-0.39, 0.29) is 58.5 Å². The predicted molar refractivity (Wildman–Crippen MR) is 212 cm³/mol. The summed E-state index contributed by atoms with van der Waals surface area (Å²) < 4.78 is 49.0. The van der Waals surface area contributed by atoms with Crippen LogP contribution in [0.1, 0.15) is 82.1 Å². The van der Waals surface area contributed by atoms with Crippen molar-refractivity contribution in [1.82, 2.24) is 39.0 Å². The van der Waals surface area contributed by atoms with Gasteiger partial charge in [0.2, 0.25) is 11.7 Å². The molecule has 59 heavy (non-hydrogen) atoms. The van der Waals surface area contributed by atoms with Crippen molar-refractivity contribution < 1.29 is 27.5 Å². The molecule has 0 saturated carbocycles. The minimum Gasteiger partial charge on any atom is -0.485 e. The number of aryl methyl sites for hydroxylation is 3. The van der Waals surface area contributed by atoms with Crippen molar-refractivity contribution >= 4 is 34.9 Å². The van der Waals surface area contributed by atoms with E-state index in [0.29, 0.717) is 60.6 Å². The second-order valence-corrected chi connectivity index (χ2v) is 15.7. The van der Waals surface area contributed by atoms with Crippen LogP contribution in [0.4, 0.5) is 18.9 Å². The Bertz CT molecular complexity index is 2670. The number of aromatic nitrogens is 7. The first-order chi connectivity index (χ1) is 28.1. The summed E-state index contributed by atoms with van der Waals surface area (Å²) in [7, 11) is 0. The fourth-order valence-corrected chi connectivity index (χ4v) is 8.72. The van der Waals surface area contributed by atoms with Crippen LogP contribution in [-0.4, -0.2) is 63.9 Å². The van der Waals surface area contributed by atoms with Crippen molar-refractivity contribution in [1.29, 1.82) is 0 Å². The van der Waals surface area contributed by atoms with Crippen LogP contribution in [0, 0.1) is 20.8 Å². The summed E-state index contributed by atoms with van der Waals surface area (Å²) >= 11 is 6.20. The molecule has 2 amide bonds. The normalized spacial score (nSPS) is 16.1. The highest BCUT2D eigenvalue weighted by Gasteiger charge is 2.49. The zero-order chi connectivity index (χ0) is 41.8. The third-order valence-electron chi connectivity index (χ3n) is 11.1. The molecule has 0 bridgehead atoms. The molecular weight excluding hydrogens is 787 g/mol. The van der Waals surface area contributed by atoms with E-state index in [1.165, 1.54) is 10.8 Å². The number of hydrogen-bond acceptors (Lipinski definition) is 9. The summed E-state index contributed by atoms with van der Waals surface area (Å²) in [6.07, 6.45) is -1.82. The molecule has 1 fully saturated rings. The van der Waals surface area contributed by atoms with Gasteiger partial charge in [-0.2, -0.15) is 22.7 Å². The van der Waals surface area contributed by atoms with E-state index in [1.54, 1.807) is 28.5 Å². The van der Waals surface area contributed by atoms with Crippen molar-refractivity contribution in [2.45, 2.75) is 77.6 Å². The molecule has 1 N–H and O–H groups in total. The molecule has 1 unspecified atom stereocenters. The van der Waals surface area contributed by atoms with Crippen LogP contribution in [-0.2, 0) is 29.5 Å². The lowest BCUT2D eigenvalue weighted by Crippen LogP contribution is -2.47. The Kier molecular flexibility index (Phi) is 10.2. The largest absolute Gasteiger partial charge is 0.485 e. The minimum absolute atomic E-state index is 0.00247. The van der Waals surface area contributed by atoms with Crippen LogP contribution in [0.15, 0.2) is 71.8 Å². The molecule has 8 rings (SSSR count). The molecule has 1 spiro atoms. The highest BCUT2D eigenvalue weighted by atomic mass is 35.5. The molecule has 13 nitrogen and oxygen atoms in total. The average molecular weight is 826 g/mol. The summed E-state index contributed by atoms with van der Waals surface area (Å²) in [6.45, 7) is 7.93. The summed E-state index contributed by atoms with van der Waals surface area (Å²) in [6, 6.07) is 15.9. The van der Waals surface area contributed by atoms with Gasteiger partial charge in [-0.25, -0.2) is 9.97 Å². The molecule has 17 heteroatoms. The minimum atomic E-state index is -4.62. The molecule has 1 aliphatic carbocycles. The number of alkyl halides is 3. The van der Waals surface area contributed by atoms with E-state index in [4.69, 9.17) is 21.3 Å². The van der Waals surface area contributed by atoms with Gasteiger partial charge < -0.3 is 19.5 Å². The second-order valence-electron chi connectivity index (χ2n) is 15.3. The topological polar surface area (TPSA) is 150 Å². The Morgan fingerprint density at radius 3 is 2.37 bits per heavy atom. The molecule has 5 heterocycles. The number of amides is 2. The van der Waals surface area contributed by atoms with Gasteiger partial charge in [0.05, 0.1) is 22.0 Å². The summed E-state index contributed by atoms with van der Waals surface area (Å²) in [5.74, 6) is -0.437. The Labute approximate surface area is 341 Å². The van der Waals surface area contributed by atoms with Crippen molar-refractivity contribution in [3.63, 3.8) is 0 Å². The number of halogens is 4. The third kappa shape index (κ3) is 7.52. The number of carbonyl (C=O) groups is 2. The SMILES string of the molecule is Cc1cc(-c2nc3n(CC(=O)Nc4ccc(C(F)(F)F)cc4Cl)c4c(c(=O)n3n2)C2(CCN(C(=O)c3ncnc(C)c3OCc3ccccc3)CC2)CC4C)cc(C)n1. The molecule has 4 aromatic heterocycles. The molecule has 2 aliphatic rings. The van der Waals surface area contributed by atoms with Gasteiger partial charge in [0, 0.05) is 46.7 Å². The Morgan fingerprint density at radius 1 is 0.983 bits per heavy atom. The van der Waals surface area contributed by atoms with E-state index in [1.807, 2.05) is 51.1 Å². The number of pyridine rings is 1. The van der Waals surface area contributed by atoms with E-state index >= 15 is 0 Å². The third-order valence-corrected chi connectivity index (χ3v) is 11.4. The Morgan fingerprint density at radius 2 is 1.69 bits per heavy atom. The van der Waals surface area contributed by atoms with Crippen LogP contribution in [0.2, 0.25) is 5.02 Å². The first kappa shape index (κ1) is 39.7. The summed E-state index contributed by atoms with van der Waals surface area (Å²) in [4.78, 5) is 62.2. The maximum atomic E-state index is 14.7. The highest BCUT2D eigenvalue weighted by molar-refractivity contribution is 6.33. The fourth-order valence-electron chi connectivity index (χ4n) is 8.50. The monoisotopic (exact) mass is 825 g/mol. The van der Waals surface area contributed by atoms with Crippen LogP contribution in [0.5, 0.6) is 5.75 Å². The van der Waals surface area contributed by atoms with Crippen molar-refractivity contribution in [3.8, 4) is 17.1 Å². The quantitative estimate of drug-likeness (QED) is 0.168. The predicted octanol–water partition coefficient (Wildman–Crippen LogP) is 7.24. The highest BCUT2D eigenvalue weighted by Crippen LogP contribution is 2.50. The van der Waals surface area contributed by atoms with Crippen LogP contribution in [0.25, 0.3) is 17.2 Å². The smallest absolute Gasteiger partial charge is 0.416 e. The molecule has 2 aromatic carbocycles. The van der Waals surface area contributed by atoms with Gasteiger partial charge in [-0.3, -0.25) is 19.4 Å². The lowest BCUT2D eigenvalue weighted by Gasteiger charge is -2.39. The van der Waals surface area contributed by atoms with E-state index in [2.05, 4.69) is 25.4 Å². The lowest BCUT2D eigenvalue weighted by molar-refractivity contribution is -0.137. The molecule has 304 valence electrons. The number of fused-ring (bicyclic) bond motifs is 3. The van der Waals surface area contributed by atoms with Gasteiger partial charge in [0.15, 0.2) is 17.3 Å². The molecule has 0 radical (unpaired) electrons. The summed E-state index contributed by atoms with van der Waals surface area (Å²) in [5.41, 5.74) is 2.81. The van der Waals surface area contributed by atoms with Crippen LogP contribution in [0.3, 0.4) is 0 Å². The van der Waals surface area contributed by atoms with Gasteiger partial charge in [0.25, 0.3) is 11.5 Å². The average Bonchev–Trinajstić information content (AvgIpc) is 3.76. The fraction of sp³-hybridized carbons (Fsp3) is 0.333. The van der Waals surface area contributed by atoms with E-state index in [9.17, 15) is 27.6 Å². The number of hydrogen-bond donors (Lipinski definition) is 1. The lowest BCUT2D eigenvalue weighted by atomic mass is 9.73. The number of likely N-dealkylation sites (tertiary alicyclic amines) is 1. The number of nitrogens with zero attached hydrogens (tertiary/aromatic N) is 8. The molecule has 6 aromatic rings. The van der Waals surface area contributed by atoms with Crippen LogP contribution < -0.4 is 15.6 Å². The van der Waals surface area contributed by atoms with Crippen molar-refractivity contribution in [3.05, 3.63) is 128 Å². The Hall–Kier alpha value is -6.16. The first-order valence-electron chi connectivity index (χ1n) is 19.1. The number of piperidine rings is 1. The number of ether oxygens (including phenoxy) is 1. The second kappa shape index (κ2) is 15.2. The number of rotatable bonds is 8. The van der Waals surface area contributed by atoms with Crippen molar-refractivity contribution in [2.75, 3.05) is 18.4 Å². The molecule has 1 saturated heterocycles. The van der Waals surface area contributed by atoms with Gasteiger partial charge in [0.1, 0.15) is 19.5 Å². The maximum Gasteiger partial charge on any atom is 0.416 e. The zero-order valence-corrected chi connectivity index (χ0v) is 33.4. The zero-order valence-electron chi connectivity index (χ0n) is 32.6. The maximum absolute atomic E-state index is 14.7.